The van der Waals surface area contributed by atoms with Crippen molar-refractivity contribution in [1.82, 2.24) is 4.75 Å². The Labute approximate surface area is 82.1 Å². The van der Waals surface area contributed by atoms with Crippen molar-refractivity contribution in [2.45, 2.75) is 51.4 Å². The Bertz CT molecular complexity index is 259. The number of aromatic amines is 1. The molecule has 0 bridgehead atoms. The van der Waals surface area contributed by atoms with Crippen molar-refractivity contribution in [2.24, 2.45) is 0 Å². The summed E-state index contributed by atoms with van der Waals surface area (Å²) < 4.78 is 3.31. The number of aromatic nitrogens is 1. The van der Waals surface area contributed by atoms with Gasteiger partial charge in [-0.3, -0.25) is 0 Å². The van der Waals surface area contributed by atoms with E-state index in [2.05, 4.69) is 17.9 Å². The van der Waals surface area contributed by atoms with Crippen LogP contribution in [-0.2, 0) is 0 Å². The third-order valence-electron chi connectivity index (χ3n) is 3.11. The van der Waals surface area contributed by atoms with E-state index in [0.717, 1.165) is 5.92 Å². The van der Waals surface area contributed by atoms with Crippen molar-refractivity contribution in [3.63, 3.8) is 0 Å². The van der Waals surface area contributed by atoms with E-state index in [-0.39, 0.29) is 0 Å². The molecule has 13 heavy (non-hydrogen) atoms. The SMILES string of the molecule is Cc1c[nH]pc1C1CCCCCC1. The highest BCUT2D eigenvalue weighted by Crippen LogP contribution is 2.36. The fourth-order valence-corrected chi connectivity index (χ4v) is 3.41. The van der Waals surface area contributed by atoms with Crippen LogP contribution in [0.5, 0.6) is 0 Å². The molecule has 72 valence electrons. The van der Waals surface area contributed by atoms with Crippen LogP contribution < -0.4 is 0 Å². The van der Waals surface area contributed by atoms with Gasteiger partial charge in [-0.05, 0) is 31.2 Å². The number of H-pyrrole nitrogens is 1. The number of nitrogens with one attached hydrogen (secondary N) is 1. The highest BCUT2D eigenvalue weighted by molar-refractivity contribution is 7.26. The number of hydrogen-bond acceptors (Lipinski definition) is 0. The van der Waals surface area contributed by atoms with Crippen LogP contribution in [0.3, 0.4) is 0 Å². The van der Waals surface area contributed by atoms with Crippen molar-refractivity contribution in [1.29, 1.82) is 0 Å². The molecule has 0 atom stereocenters. The van der Waals surface area contributed by atoms with Gasteiger partial charge in [0.1, 0.15) is 0 Å². The second-order valence-electron chi connectivity index (χ2n) is 4.14. The van der Waals surface area contributed by atoms with E-state index in [1.807, 2.05) is 0 Å². The van der Waals surface area contributed by atoms with Gasteiger partial charge in [0.05, 0.1) is 0 Å². The molecule has 1 fully saturated rings. The monoisotopic (exact) mass is 195 g/mol. The van der Waals surface area contributed by atoms with E-state index in [1.165, 1.54) is 52.4 Å². The Hall–Kier alpha value is -0.290. The average molecular weight is 195 g/mol. The quantitative estimate of drug-likeness (QED) is 0.641. The van der Waals surface area contributed by atoms with Gasteiger partial charge in [0, 0.05) is 19.8 Å². The molecule has 0 unspecified atom stereocenters. The predicted molar refractivity (Wildman–Crippen MR) is 58.5 cm³/mol. The largest absolute Gasteiger partial charge is 0.344 e. The maximum Gasteiger partial charge on any atom is 0.0144 e. The van der Waals surface area contributed by atoms with Gasteiger partial charge < -0.3 is 4.75 Å². The summed E-state index contributed by atoms with van der Waals surface area (Å²) in [5.41, 5.74) is 1.49. The molecule has 1 aliphatic rings. The zero-order valence-corrected chi connectivity index (χ0v) is 9.24. The fraction of sp³-hybridized carbons (Fsp3) is 0.727. The smallest absolute Gasteiger partial charge is 0.0144 e. The molecule has 0 aromatic carbocycles. The molecule has 1 heterocycles. The van der Waals surface area contributed by atoms with Crippen LogP contribution in [0, 0.1) is 6.92 Å². The Balaban J connectivity index is 2.10. The molecular formula is C11H18NP. The Morgan fingerprint density at radius 3 is 2.46 bits per heavy atom. The molecule has 1 aromatic rings. The minimum absolute atomic E-state index is 0.885. The van der Waals surface area contributed by atoms with E-state index in [4.69, 9.17) is 0 Å². The van der Waals surface area contributed by atoms with Crippen molar-refractivity contribution in [2.75, 3.05) is 0 Å². The lowest BCUT2D eigenvalue weighted by atomic mass is 9.96. The molecule has 0 spiro atoms. The maximum atomic E-state index is 3.31. The van der Waals surface area contributed by atoms with Gasteiger partial charge in [0.2, 0.25) is 0 Å². The molecule has 1 aliphatic carbocycles. The van der Waals surface area contributed by atoms with E-state index >= 15 is 0 Å². The van der Waals surface area contributed by atoms with Crippen molar-refractivity contribution >= 4 is 8.35 Å². The lowest BCUT2D eigenvalue weighted by Gasteiger charge is -2.12. The third-order valence-corrected chi connectivity index (χ3v) is 4.33. The summed E-state index contributed by atoms with van der Waals surface area (Å²) in [6.45, 7) is 2.24. The predicted octanol–water partition coefficient (Wildman–Crippen LogP) is 4.34. The Kier molecular flexibility index (Phi) is 3.05. The summed E-state index contributed by atoms with van der Waals surface area (Å²) >= 11 is 0. The summed E-state index contributed by atoms with van der Waals surface area (Å²) in [5, 5.41) is 1.67. The summed E-state index contributed by atoms with van der Waals surface area (Å²) in [6, 6.07) is 0. The number of hydrogen-bond donors (Lipinski definition) is 1. The van der Waals surface area contributed by atoms with Crippen LogP contribution in [0.1, 0.15) is 55.3 Å². The third kappa shape index (κ3) is 2.14. The standard InChI is InChI=1S/C11H18NP/c1-9-8-12-13-11(9)10-6-4-2-3-5-7-10/h8,10,12H,2-7H2,1H3. The van der Waals surface area contributed by atoms with E-state index < -0.39 is 0 Å². The molecule has 1 nitrogen and oxygen atoms in total. The van der Waals surface area contributed by atoms with Crippen LogP contribution in [-0.4, -0.2) is 4.75 Å². The summed E-state index contributed by atoms with van der Waals surface area (Å²) in [5.74, 6) is 0.885. The molecule has 0 saturated heterocycles. The first-order chi connectivity index (χ1) is 6.38. The zero-order chi connectivity index (χ0) is 9.10. The van der Waals surface area contributed by atoms with E-state index in [1.54, 1.807) is 5.30 Å². The molecule has 0 radical (unpaired) electrons. The molecule has 2 rings (SSSR count). The first-order valence-electron chi connectivity index (χ1n) is 5.38. The van der Waals surface area contributed by atoms with E-state index in [0.29, 0.717) is 0 Å². The second kappa shape index (κ2) is 4.28. The number of aryl methyl sites for hydroxylation is 1. The molecule has 1 N–H and O–H groups in total. The van der Waals surface area contributed by atoms with Gasteiger partial charge in [-0.15, -0.1) is 0 Å². The Morgan fingerprint density at radius 2 is 1.92 bits per heavy atom. The second-order valence-corrected chi connectivity index (χ2v) is 5.11. The van der Waals surface area contributed by atoms with Crippen molar-refractivity contribution < 1.29 is 0 Å². The molecule has 0 amide bonds. The lowest BCUT2D eigenvalue weighted by Crippen LogP contribution is -1.95. The van der Waals surface area contributed by atoms with Gasteiger partial charge in [-0.1, -0.05) is 25.7 Å². The van der Waals surface area contributed by atoms with Crippen LogP contribution in [0.4, 0.5) is 0 Å². The summed E-state index contributed by atoms with van der Waals surface area (Å²) in [6.07, 6.45) is 10.8. The van der Waals surface area contributed by atoms with Crippen molar-refractivity contribution in [3.05, 3.63) is 17.1 Å². The van der Waals surface area contributed by atoms with Gasteiger partial charge in [-0.25, -0.2) is 0 Å². The van der Waals surface area contributed by atoms with Gasteiger partial charge >= 0.3 is 0 Å². The Morgan fingerprint density at radius 1 is 1.23 bits per heavy atom. The fourth-order valence-electron chi connectivity index (χ4n) is 2.33. The molecule has 2 heteroatoms. The van der Waals surface area contributed by atoms with Crippen LogP contribution in [0.2, 0.25) is 0 Å². The van der Waals surface area contributed by atoms with Crippen LogP contribution in [0.25, 0.3) is 0 Å². The maximum absolute atomic E-state index is 3.31. The van der Waals surface area contributed by atoms with Gasteiger partial charge in [0.25, 0.3) is 0 Å². The molecule has 1 aromatic heterocycles. The highest BCUT2D eigenvalue weighted by atomic mass is 31.0. The topological polar surface area (TPSA) is 15.8 Å². The normalized spacial score (nSPS) is 20.7. The number of rotatable bonds is 1. The summed E-state index contributed by atoms with van der Waals surface area (Å²) in [4.78, 5) is 0. The molecular weight excluding hydrogens is 177 g/mol. The van der Waals surface area contributed by atoms with Gasteiger partial charge in [-0.2, -0.15) is 0 Å². The molecule has 0 aliphatic heterocycles. The highest BCUT2D eigenvalue weighted by Gasteiger charge is 2.16. The average Bonchev–Trinajstić information content (AvgIpc) is 2.43. The lowest BCUT2D eigenvalue weighted by molar-refractivity contribution is 0.599. The van der Waals surface area contributed by atoms with E-state index in [9.17, 15) is 0 Å². The minimum Gasteiger partial charge on any atom is -0.344 e. The van der Waals surface area contributed by atoms with Crippen molar-refractivity contribution in [3.8, 4) is 0 Å². The summed E-state index contributed by atoms with van der Waals surface area (Å²) in [7, 11) is 1.36. The first-order valence-corrected chi connectivity index (χ1v) is 6.27. The van der Waals surface area contributed by atoms with Crippen LogP contribution in [0.15, 0.2) is 6.20 Å². The minimum atomic E-state index is 0.885. The molecule has 1 saturated carbocycles. The van der Waals surface area contributed by atoms with Crippen LogP contribution >= 0.6 is 8.35 Å². The zero-order valence-electron chi connectivity index (χ0n) is 8.34. The van der Waals surface area contributed by atoms with Gasteiger partial charge in [0.15, 0.2) is 0 Å². The first kappa shape index (κ1) is 9.27.